The van der Waals surface area contributed by atoms with Crippen LogP contribution in [0.5, 0.6) is 0 Å². The first-order valence-electron chi connectivity index (χ1n) is 13.3. The van der Waals surface area contributed by atoms with Gasteiger partial charge < -0.3 is 28.4 Å². The van der Waals surface area contributed by atoms with Crippen molar-refractivity contribution in [3.8, 4) is 11.1 Å². The normalized spacial score (nSPS) is 17.9. The molecule has 0 unspecified atom stereocenters. The van der Waals surface area contributed by atoms with Gasteiger partial charge in [0.15, 0.2) is 0 Å². The van der Waals surface area contributed by atoms with Crippen molar-refractivity contribution >= 4 is 0 Å². The second-order valence-corrected chi connectivity index (χ2v) is 10.3. The van der Waals surface area contributed by atoms with E-state index in [0.29, 0.717) is 39.6 Å². The Balaban J connectivity index is 1.08. The lowest BCUT2D eigenvalue weighted by Gasteiger charge is -2.40. The molecule has 0 saturated carbocycles. The van der Waals surface area contributed by atoms with Gasteiger partial charge in [0.25, 0.3) is 0 Å². The van der Waals surface area contributed by atoms with Gasteiger partial charge in [-0.25, -0.2) is 0 Å². The van der Waals surface area contributed by atoms with Gasteiger partial charge in [0.05, 0.1) is 79.3 Å². The molecule has 36 heavy (non-hydrogen) atoms. The van der Waals surface area contributed by atoms with Crippen molar-refractivity contribution in [2.45, 2.75) is 39.9 Å². The van der Waals surface area contributed by atoms with Crippen LogP contribution in [-0.2, 0) is 41.6 Å². The van der Waals surface area contributed by atoms with Gasteiger partial charge in [-0.15, -0.1) is 0 Å². The summed E-state index contributed by atoms with van der Waals surface area (Å²) in [7, 11) is 0. The Kier molecular flexibility index (Phi) is 10.3. The van der Waals surface area contributed by atoms with Gasteiger partial charge in [0.1, 0.15) is 0 Å². The minimum absolute atomic E-state index is 0.236. The number of rotatable bonds is 17. The molecule has 4 rings (SSSR count). The predicted octanol–water partition coefficient (Wildman–Crippen LogP) is 5.27. The van der Waals surface area contributed by atoms with Gasteiger partial charge >= 0.3 is 0 Å². The summed E-state index contributed by atoms with van der Waals surface area (Å²) in [6, 6.07) is 17.1. The third-order valence-corrected chi connectivity index (χ3v) is 7.47. The first-order valence-corrected chi connectivity index (χ1v) is 13.3. The molecule has 2 fully saturated rings. The van der Waals surface area contributed by atoms with Gasteiger partial charge in [-0.1, -0.05) is 62.4 Å². The monoisotopic (exact) mass is 498 g/mol. The fourth-order valence-electron chi connectivity index (χ4n) is 4.34. The van der Waals surface area contributed by atoms with Crippen LogP contribution in [0.4, 0.5) is 0 Å². The minimum Gasteiger partial charge on any atom is -0.380 e. The first kappa shape index (κ1) is 27.2. The van der Waals surface area contributed by atoms with Gasteiger partial charge in [-0.05, 0) is 35.1 Å². The quantitative estimate of drug-likeness (QED) is 0.277. The highest BCUT2D eigenvalue weighted by molar-refractivity contribution is 5.63. The molecule has 2 aliphatic heterocycles. The molecule has 0 N–H and O–H groups in total. The Morgan fingerprint density at radius 1 is 0.556 bits per heavy atom. The molecule has 0 aliphatic carbocycles. The summed E-state index contributed by atoms with van der Waals surface area (Å²) in [6.45, 7) is 12.8. The van der Waals surface area contributed by atoms with E-state index in [1.54, 1.807) is 0 Å². The highest BCUT2D eigenvalue weighted by atomic mass is 16.5. The summed E-state index contributed by atoms with van der Waals surface area (Å²) < 4.78 is 33.8. The zero-order chi connectivity index (χ0) is 25.1. The molecule has 0 radical (unpaired) electrons. The van der Waals surface area contributed by atoms with Crippen LogP contribution in [0, 0.1) is 10.8 Å². The molecule has 6 nitrogen and oxygen atoms in total. The van der Waals surface area contributed by atoms with Crippen LogP contribution < -0.4 is 0 Å². The lowest BCUT2D eigenvalue weighted by molar-refractivity contribution is -0.153. The van der Waals surface area contributed by atoms with Crippen LogP contribution in [0.1, 0.15) is 37.8 Å². The third-order valence-electron chi connectivity index (χ3n) is 7.47. The molecule has 2 heterocycles. The Bertz CT molecular complexity index is 800. The Labute approximate surface area is 216 Å². The summed E-state index contributed by atoms with van der Waals surface area (Å²) in [4.78, 5) is 0. The molecule has 0 atom stereocenters. The molecule has 0 aromatic heterocycles. The van der Waals surface area contributed by atoms with E-state index < -0.39 is 0 Å². The average molecular weight is 499 g/mol. The maximum Gasteiger partial charge on any atom is 0.0718 e. The summed E-state index contributed by atoms with van der Waals surface area (Å²) in [5.74, 6) is 0. The third kappa shape index (κ3) is 7.60. The molecule has 0 amide bonds. The zero-order valence-electron chi connectivity index (χ0n) is 22.0. The number of ether oxygens (including phenoxy) is 6. The van der Waals surface area contributed by atoms with Crippen molar-refractivity contribution in [3.63, 3.8) is 0 Å². The highest BCUT2D eigenvalue weighted by Crippen LogP contribution is 2.32. The van der Waals surface area contributed by atoms with Crippen molar-refractivity contribution in [2.24, 2.45) is 10.8 Å². The SMILES string of the molecule is CCC1(COCCOCc2ccc(-c3ccc(COCCOCC4(CC)COC4)cc3)cc2)COC1. The van der Waals surface area contributed by atoms with Crippen LogP contribution in [0.2, 0.25) is 0 Å². The van der Waals surface area contributed by atoms with Crippen molar-refractivity contribution < 1.29 is 28.4 Å². The molecular weight excluding hydrogens is 456 g/mol. The van der Waals surface area contributed by atoms with Crippen LogP contribution >= 0.6 is 0 Å². The Morgan fingerprint density at radius 3 is 1.22 bits per heavy atom. The lowest BCUT2D eigenvalue weighted by Crippen LogP contribution is -2.45. The fourth-order valence-corrected chi connectivity index (χ4v) is 4.34. The molecule has 198 valence electrons. The summed E-state index contributed by atoms with van der Waals surface area (Å²) >= 11 is 0. The smallest absolute Gasteiger partial charge is 0.0718 e. The maximum atomic E-state index is 5.80. The molecular formula is C30H42O6. The Hall–Kier alpha value is -1.80. The minimum atomic E-state index is 0.236. The molecule has 2 aromatic carbocycles. The summed E-state index contributed by atoms with van der Waals surface area (Å²) in [6.07, 6.45) is 2.20. The molecule has 2 aliphatic rings. The van der Waals surface area contributed by atoms with Crippen LogP contribution in [0.3, 0.4) is 0 Å². The van der Waals surface area contributed by atoms with Crippen LogP contribution in [0.15, 0.2) is 48.5 Å². The zero-order valence-corrected chi connectivity index (χ0v) is 22.0. The van der Waals surface area contributed by atoms with E-state index in [-0.39, 0.29) is 10.8 Å². The van der Waals surface area contributed by atoms with Gasteiger partial charge in [0.2, 0.25) is 0 Å². The average Bonchev–Trinajstić information content (AvgIpc) is 2.87. The largest absolute Gasteiger partial charge is 0.380 e. The van der Waals surface area contributed by atoms with Crippen molar-refractivity contribution in [2.75, 3.05) is 66.1 Å². The fraction of sp³-hybridized carbons (Fsp3) is 0.600. The number of hydrogen-bond acceptors (Lipinski definition) is 6. The molecule has 2 aromatic rings. The van der Waals surface area contributed by atoms with E-state index >= 15 is 0 Å². The second kappa shape index (κ2) is 13.7. The Morgan fingerprint density at radius 2 is 0.917 bits per heavy atom. The van der Waals surface area contributed by atoms with Gasteiger partial charge in [0, 0.05) is 10.8 Å². The van der Waals surface area contributed by atoms with E-state index in [2.05, 4.69) is 62.4 Å². The highest BCUT2D eigenvalue weighted by Gasteiger charge is 2.37. The van der Waals surface area contributed by atoms with E-state index in [4.69, 9.17) is 28.4 Å². The lowest BCUT2D eigenvalue weighted by atomic mass is 9.84. The van der Waals surface area contributed by atoms with Crippen molar-refractivity contribution in [1.29, 1.82) is 0 Å². The van der Waals surface area contributed by atoms with E-state index in [0.717, 1.165) is 63.6 Å². The van der Waals surface area contributed by atoms with Crippen molar-refractivity contribution in [3.05, 3.63) is 59.7 Å². The van der Waals surface area contributed by atoms with Crippen LogP contribution in [0.25, 0.3) is 11.1 Å². The van der Waals surface area contributed by atoms with E-state index in [1.165, 1.54) is 11.1 Å². The van der Waals surface area contributed by atoms with E-state index in [9.17, 15) is 0 Å². The first-order chi connectivity index (χ1) is 17.7. The van der Waals surface area contributed by atoms with E-state index in [1.807, 2.05) is 0 Å². The van der Waals surface area contributed by atoms with Gasteiger partial charge in [-0.2, -0.15) is 0 Å². The summed E-state index contributed by atoms with van der Waals surface area (Å²) in [5, 5.41) is 0. The standard InChI is InChI=1S/C30H42O6/c1-3-29(21-35-22-29)19-33-15-13-31-17-25-5-9-27(10-6-25)28-11-7-26(8-12-28)18-32-14-16-34-20-30(4-2)23-36-24-30/h5-12H,3-4,13-24H2,1-2H3. The predicted molar refractivity (Wildman–Crippen MR) is 140 cm³/mol. The molecule has 2 saturated heterocycles. The van der Waals surface area contributed by atoms with Crippen molar-refractivity contribution in [1.82, 2.24) is 0 Å². The summed E-state index contributed by atoms with van der Waals surface area (Å²) in [5.41, 5.74) is 5.19. The topological polar surface area (TPSA) is 55.4 Å². The molecule has 0 bridgehead atoms. The van der Waals surface area contributed by atoms with Crippen LogP contribution in [-0.4, -0.2) is 66.1 Å². The number of hydrogen-bond donors (Lipinski definition) is 0. The molecule has 0 spiro atoms. The van der Waals surface area contributed by atoms with Gasteiger partial charge in [-0.3, -0.25) is 0 Å². The molecule has 6 heteroatoms. The second-order valence-electron chi connectivity index (χ2n) is 10.3. The number of benzene rings is 2. The maximum absolute atomic E-state index is 5.80.